The van der Waals surface area contributed by atoms with Crippen LogP contribution in [0.5, 0.6) is 0 Å². The summed E-state index contributed by atoms with van der Waals surface area (Å²) >= 11 is 0. The van der Waals surface area contributed by atoms with Gasteiger partial charge in [0.25, 0.3) is 0 Å². The topological polar surface area (TPSA) is 139 Å². The lowest BCUT2D eigenvalue weighted by Gasteiger charge is -2.25. The number of hydrogen-bond donors (Lipinski definition) is 4. The van der Waals surface area contributed by atoms with Crippen LogP contribution in [0.25, 0.3) is 11.2 Å². The Bertz CT molecular complexity index is 894. The predicted molar refractivity (Wildman–Crippen MR) is 89.0 cm³/mol. The van der Waals surface area contributed by atoms with Gasteiger partial charge in [-0.05, 0) is 19.1 Å². The van der Waals surface area contributed by atoms with Crippen molar-refractivity contribution in [2.75, 3.05) is 11.9 Å². The van der Waals surface area contributed by atoms with Gasteiger partial charge in [-0.1, -0.05) is 0 Å². The number of hydrogen-bond acceptors (Lipinski definition) is 9. The summed E-state index contributed by atoms with van der Waals surface area (Å²) in [6, 6.07) is 3.63. The maximum Gasteiger partial charge on any atom is 0.167 e. The van der Waals surface area contributed by atoms with Crippen LogP contribution in [0.3, 0.4) is 0 Å². The molecule has 4 heterocycles. The highest BCUT2D eigenvalue weighted by Gasteiger charge is 2.52. The van der Waals surface area contributed by atoms with E-state index in [9.17, 15) is 15.3 Å². The molecule has 26 heavy (non-hydrogen) atoms. The molecule has 0 radical (unpaired) electrons. The molecule has 10 nitrogen and oxygen atoms in total. The second-order valence-corrected chi connectivity index (χ2v) is 6.35. The van der Waals surface area contributed by atoms with Gasteiger partial charge in [0.05, 0.1) is 25.7 Å². The Hall–Kier alpha value is -2.53. The van der Waals surface area contributed by atoms with Crippen LogP contribution in [-0.4, -0.2) is 59.3 Å². The Labute approximate surface area is 148 Å². The van der Waals surface area contributed by atoms with Gasteiger partial charge < -0.3 is 29.8 Å². The highest BCUT2D eigenvalue weighted by molar-refractivity contribution is 5.82. The molecule has 3 aromatic heterocycles. The van der Waals surface area contributed by atoms with Crippen molar-refractivity contribution >= 4 is 17.0 Å². The average Bonchev–Trinajstić information content (AvgIpc) is 3.33. The molecule has 0 aliphatic carbocycles. The maximum absolute atomic E-state index is 10.4. The van der Waals surface area contributed by atoms with Gasteiger partial charge in [0, 0.05) is 0 Å². The Morgan fingerprint density at radius 2 is 2.19 bits per heavy atom. The number of rotatable bonds is 5. The second kappa shape index (κ2) is 6.32. The normalized spacial score (nSPS) is 28.7. The molecule has 0 spiro atoms. The Morgan fingerprint density at radius 3 is 2.88 bits per heavy atom. The minimum absolute atomic E-state index is 0.419. The number of imidazole rings is 1. The van der Waals surface area contributed by atoms with E-state index in [1.807, 2.05) is 6.07 Å². The van der Waals surface area contributed by atoms with E-state index in [-0.39, 0.29) is 0 Å². The summed E-state index contributed by atoms with van der Waals surface area (Å²) in [4.78, 5) is 12.7. The first kappa shape index (κ1) is 16.9. The van der Waals surface area contributed by atoms with Crippen molar-refractivity contribution in [3.8, 4) is 0 Å². The van der Waals surface area contributed by atoms with Crippen molar-refractivity contribution < 1.29 is 24.5 Å². The van der Waals surface area contributed by atoms with Gasteiger partial charge in [0.2, 0.25) is 0 Å². The molecule has 138 valence electrons. The summed E-state index contributed by atoms with van der Waals surface area (Å²) in [6.07, 6.45) is 1.31. The second-order valence-electron chi connectivity index (χ2n) is 6.35. The number of ether oxygens (including phenoxy) is 1. The summed E-state index contributed by atoms with van der Waals surface area (Å²) in [7, 11) is 0. The largest absolute Gasteiger partial charge is 0.467 e. The fourth-order valence-corrected chi connectivity index (χ4v) is 3.06. The van der Waals surface area contributed by atoms with Gasteiger partial charge in [-0.2, -0.15) is 0 Å². The van der Waals surface area contributed by atoms with E-state index in [1.165, 1.54) is 24.1 Å². The van der Waals surface area contributed by atoms with Crippen LogP contribution in [0.2, 0.25) is 0 Å². The molecule has 0 bridgehead atoms. The zero-order chi connectivity index (χ0) is 18.3. The molecule has 3 aromatic rings. The zero-order valence-corrected chi connectivity index (χ0v) is 14.0. The standard InChI is InChI=1S/C16H19N5O5/c1-16(24)10(6-22)26-15(12(16)23)21-8-20-11-13(18-7-19-14(11)21)17-5-9-3-2-4-25-9/h2-4,7-8,10,12,15,22-24H,5-6H2,1H3,(H,17,18,19)/t10-,12+,15-,16-/m1/s1. The maximum atomic E-state index is 10.4. The number of aliphatic hydroxyl groups excluding tert-OH is 2. The van der Waals surface area contributed by atoms with Gasteiger partial charge >= 0.3 is 0 Å². The Kier molecular flexibility index (Phi) is 4.11. The molecule has 4 rings (SSSR count). The first-order valence-electron chi connectivity index (χ1n) is 8.13. The van der Waals surface area contributed by atoms with E-state index in [0.717, 1.165) is 5.76 Å². The number of anilines is 1. The highest BCUT2D eigenvalue weighted by atomic mass is 16.6. The van der Waals surface area contributed by atoms with Crippen LogP contribution in [-0.2, 0) is 11.3 Å². The lowest BCUT2D eigenvalue weighted by atomic mass is 9.95. The van der Waals surface area contributed by atoms with Gasteiger partial charge in [-0.25, -0.2) is 15.0 Å². The number of nitrogens with zero attached hydrogens (tertiary/aromatic N) is 4. The number of nitrogens with one attached hydrogen (secondary N) is 1. The summed E-state index contributed by atoms with van der Waals surface area (Å²) in [5.74, 6) is 1.25. The number of fused-ring (bicyclic) bond motifs is 1. The third-order valence-electron chi connectivity index (χ3n) is 4.63. The average molecular weight is 361 g/mol. The Morgan fingerprint density at radius 1 is 1.35 bits per heavy atom. The summed E-state index contributed by atoms with van der Waals surface area (Å²) in [6.45, 7) is 1.43. The summed E-state index contributed by atoms with van der Waals surface area (Å²) < 4.78 is 12.4. The molecular weight excluding hydrogens is 342 g/mol. The fraction of sp³-hybridized carbons (Fsp3) is 0.438. The first-order valence-corrected chi connectivity index (χ1v) is 8.13. The third-order valence-corrected chi connectivity index (χ3v) is 4.63. The SMILES string of the molecule is C[C@@]1(O)[C@@H](CO)O[C@@H](n2cnc3c(NCc4ccco4)ncnc32)[C@@H]1O. The van der Waals surface area contributed by atoms with Crippen LogP contribution < -0.4 is 5.32 Å². The van der Waals surface area contributed by atoms with Crippen LogP contribution in [0, 0.1) is 0 Å². The molecule has 1 aliphatic heterocycles. The quantitative estimate of drug-likeness (QED) is 0.496. The van der Waals surface area contributed by atoms with Crippen LogP contribution >= 0.6 is 0 Å². The monoisotopic (exact) mass is 361 g/mol. The van der Waals surface area contributed by atoms with Gasteiger partial charge in [0.15, 0.2) is 23.2 Å². The van der Waals surface area contributed by atoms with Gasteiger partial charge in [-0.3, -0.25) is 4.57 Å². The third kappa shape index (κ3) is 2.63. The van der Waals surface area contributed by atoms with Crippen molar-refractivity contribution in [2.45, 2.75) is 37.5 Å². The lowest BCUT2D eigenvalue weighted by molar-refractivity contribution is -0.0804. The van der Waals surface area contributed by atoms with Gasteiger partial charge in [-0.15, -0.1) is 0 Å². The zero-order valence-electron chi connectivity index (χ0n) is 14.0. The lowest BCUT2D eigenvalue weighted by Crippen LogP contribution is -2.46. The van der Waals surface area contributed by atoms with E-state index in [0.29, 0.717) is 23.5 Å². The number of aromatic nitrogens is 4. The molecular formula is C16H19N5O5. The summed E-state index contributed by atoms with van der Waals surface area (Å²) in [5, 5.41) is 33.3. The minimum atomic E-state index is -1.59. The van der Waals surface area contributed by atoms with E-state index in [1.54, 1.807) is 12.3 Å². The molecule has 1 fully saturated rings. The van der Waals surface area contributed by atoms with Gasteiger partial charge in [0.1, 0.15) is 29.9 Å². The van der Waals surface area contributed by atoms with Crippen LogP contribution in [0.1, 0.15) is 18.9 Å². The molecule has 4 N–H and O–H groups in total. The molecule has 1 aliphatic rings. The van der Waals surface area contributed by atoms with Crippen molar-refractivity contribution in [1.29, 1.82) is 0 Å². The molecule has 0 saturated carbocycles. The van der Waals surface area contributed by atoms with E-state index in [4.69, 9.17) is 9.15 Å². The molecule has 1 saturated heterocycles. The van der Waals surface area contributed by atoms with Crippen molar-refractivity contribution in [3.63, 3.8) is 0 Å². The summed E-state index contributed by atoms with van der Waals surface area (Å²) in [5.41, 5.74) is -0.675. The Balaban J connectivity index is 1.65. The van der Waals surface area contributed by atoms with Crippen molar-refractivity contribution in [3.05, 3.63) is 36.8 Å². The van der Waals surface area contributed by atoms with E-state index < -0.39 is 30.6 Å². The van der Waals surface area contributed by atoms with Crippen molar-refractivity contribution in [2.24, 2.45) is 0 Å². The minimum Gasteiger partial charge on any atom is -0.467 e. The first-order chi connectivity index (χ1) is 12.5. The number of aliphatic hydroxyl groups is 3. The highest BCUT2D eigenvalue weighted by Crippen LogP contribution is 2.38. The molecule has 4 atom stereocenters. The molecule has 0 aromatic carbocycles. The van der Waals surface area contributed by atoms with Crippen molar-refractivity contribution in [1.82, 2.24) is 19.5 Å². The smallest absolute Gasteiger partial charge is 0.167 e. The van der Waals surface area contributed by atoms with E-state index >= 15 is 0 Å². The van der Waals surface area contributed by atoms with Crippen LogP contribution in [0.15, 0.2) is 35.5 Å². The molecule has 0 unspecified atom stereocenters. The predicted octanol–water partition coefficient (Wildman–Crippen LogP) is 0.0330. The van der Waals surface area contributed by atoms with Crippen LogP contribution in [0.4, 0.5) is 5.82 Å². The number of furan rings is 1. The molecule has 0 amide bonds. The fourth-order valence-electron chi connectivity index (χ4n) is 3.06. The van der Waals surface area contributed by atoms with E-state index in [2.05, 4.69) is 20.3 Å². The molecule has 10 heteroatoms.